The number of hydrogen-bond donors (Lipinski definition) is 1. The molecule has 1 aromatic rings. The SMILES string of the molecule is Cc1ccc(C2CC(=O)C(C=NCCN3CCCCC3)=C(O)C2)cc1. The molecule has 0 saturated carbocycles. The van der Waals surface area contributed by atoms with Gasteiger partial charge in [-0.05, 0) is 44.3 Å². The van der Waals surface area contributed by atoms with Gasteiger partial charge in [0, 0.05) is 25.6 Å². The van der Waals surface area contributed by atoms with Gasteiger partial charge in [0.2, 0.25) is 0 Å². The molecule has 3 rings (SSSR count). The van der Waals surface area contributed by atoms with Gasteiger partial charge in [0.05, 0.1) is 12.1 Å². The van der Waals surface area contributed by atoms with Crippen LogP contribution >= 0.6 is 0 Å². The van der Waals surface area contributed by atoms with Crippen molar-refractivity contribution in [2.24, 2.45) is 4.99 Å². The van der Waals surface area contributed by atoms with E-state index in [9.17, 15) is 9.90 Å². The van der Waals surface area contributed by atoms with Crippen LogP contribution in [0.4, 0.5) is 0 Å². The molecule has 1 atom stereocenters. The van der Waals surface area contributed by atoms with Gasteiger partial charge in [0.15, 0.2) is 5.78 Å². The van der Waals surface area contributed by atoms with Crippen molar-refractivity contribution in [1.29, 1.82) is 0 Å². The van der Waals surface area contributed by atoms with E-state index in [4.69, 9.17) is 0 Å². The number of carbonyl (C=O) groups excluding carboxylic acids is 1. The van der Waals surface area contributed by atoms with Gasteiger partial charge in [0.1, 0.15) is 5.76 Å². The summed E-state index contributed by atoms with van der Waals surface area (Å²) >= 11 is 0. The summed E-state index contributed by atoms with van der Waals surface area (Å²) in [6.07, 6.45) is 6.43. The molecule has 4 nitrogen and oxygen atoms in total. The third kappa shape index (κ3) is 4.79. The predicted octanol–water partition coefficient (Wildman–Crippen LogP) is 3.81. The first-order valence-electron chi connectivity index (χ1n) is 9.37. The van der Waals surface area contributed by atoms with Gasteiger partial charge >= 0.3 is 0 Å². The fourth-order valence-electron chi connectivity index (χ4n) is 3.67. The molecule has 0 aromatic heterocycles. The first-order chi connectivity index (χ1) is 12.1. The van der Waals surface area contributed by atoms with Crippen LogP contribution in [0.2, 0.25) is 0 Å². The van der Waals surface area contributed by atoms with Crippen LogP contribution in [-0.4, -0.2) is 48.2 Å². The molecule has 0 amide bonds. The van der Waals surface area contributed by atoms with E-state index in [-0.39, 0.29) is 17.5 Å². The summed E-state index contributed by atoms with van der Waals surface area (Å²) in [5.41, 5.74) is 2.72. The van der Waals surface area contributed by atoms with Crippen molar-refractivity contribution in [3.05, 3.63) is 46.7 Å². The van der Waals surface area contributed by atoms with Crippen molar-refractivity contribution < 1.29 is 9.90 Å². The maximum Gasteiger partial charge on any atom is 0.168 e. The molecule has 1 N–H and O–H groups in total. The minimum atomic E-state index is -0.00366. The van der Waals surface area contributed by atoms with E-state index < -0.39 is 0 Å². The summed E-state index contributed by atoms with van der Waals surface area (Å²) in [5, 5.41) is 10.3. The Morgan fingerprint density at radius 3 is 2.56 bits per heavy atom. The van der Waals surface area contributed by atoms with Crippen LogP contribution in [0.5, 0.6) is 0 Å². The first-order valence-corrected chi connectivity index (χ1v) is 9.37. The second-order valence-electron chi connectivity index (χ2n) is 7.24. The molecule has 1 saturated heterocycles. The quantitative estimate of drug-likeness (QED) is 0.829. The number of carbonyl (C=O) groups is 1. The number of piperidine rings is 1. The van der Waals surface area contributed by atoms with E-state index in [0.717, 1.165) is 25.2 Å². The van der Waals surface area contributed by atoms with E-state index in [2.05, 4.69) is 34.2 Å². The van der Waals surface area contributed by atoms with E-state index in [1.54, 1.807) is 6.21 Å². The van der Waals surface area contributed by atoms with Gasteiger partial charge in [0.25, 0.3) is 0 Å². The van der Waals surface area contributed by atoms with Crippen LogP contribution < -0.4 is 0 Å². The minimum Gasteiger partial charge on any atom is -0.511 e. The highest BCUT2D eigenvalue weighted by molar-refractivity contribution is 6.14. The zero-order chi connectivity index (χ0) is 17.6. The lowest BCUT2D eigenvalue weighted by atomic mass is 9.83. The monoisotopic (exact) mass is 340 g/mol. The molecule has 134 valence electrons. The van der Waals surface area contributed by atoms with Gasteiger partial charge in [-0.15, -0.1) is 0 Å². The van der Waals surface area contributed by atoms with Crippen LogP contribution in [-0.2, 0) is 4.79 Å². The summed E-state index contributed by atoms with van der Waals surface area (Å²) in [5.74, 6) is 0.248. The molecule has 1 aliphatic carbocycles. The Morgan fingerprint density at radius 1 is 1.16 bits per heavy atom. The van der Waals surface area contributed by atoms with E-state index in [1.807, 2.05) is 6.92 Å². The average molecular weight is 340 g/mol. The number of aliphatic hydroxyl groups is 1. The van der Waals surface area contributed by atoms with Gasteiger partial charge < -0.3 is 10.0 Å². The van der Waals surface area contributed by atoms with Crippen LogP contribution in [0.25, 0.3) is 0 Å². The topological polar surface area (TPSA) is 52.9 Å². The number of aliphatic hydroxyl groups excluding tert-OH is 1. The summed E-state index contributed by atoms with van der Waals surface area (Å²) in [4.78, 5) is 19.2. The number of ketones is 1. The molecule has 1 fully saturated rings. The van der Waals surface area contributed by atoms with E-state index in [0.29, 0.717) is 25.0 Å². The maximum absolute atomic E-state index is 12.4. The molecule has 0 radical (unpaired) electrons. The Kier molecular flexibility index (Phi) is 6.03. The molecule has 0 bridgehead atoms. The van der Waals surface area contributed by atoms with Crippen molar-refractivity contribution in [3.63, 3.8) is 0 Å². The standard InChI is InChI=1S/C21H28N2O2/c1-16-5-7-17(8-6-16)18-13-20(24)19(21(25)14-18)15-22-9-12-23-10-3-2-4-11-23/h5-8,15,18,24H,2-4,9-14H2,1H3. The highest BCUT2D eigenvalue weighted by Crippen LogP contribution is 2.33. The molecule has 4 heteroatoms. The molecule has 25 heavy (non-hydrogen) atoms. The summed E-state index contributed by atoms with van der Waals surface area (Å²) in [6, 6.07) is 8.22. The Labute approximate surface area is 150 Å². The molecule has 1 unspecified atom stereocenters. The number of aliphatic imine (C=N–C) groups is 1. The maximum atomic E-state index is 12.4. The Morgan fingerprint density at radius 2 is 1.88 bits per heavy atom. The van der Waals surface area contributed by atoms with Crippen molar-refractivity contribution in [2.45, 2.75) is 44.9 Å². The molecule has 1 aliphatic heterocycles. The zero-order valence-electron chi connectivity index (χ0n) is 15.1. The number of nitrogens with zero attached hydrogens (tertiary/aromatic N) is 2. The number of likely N-dealkylation sites (tertiary alicyclic amines) is 1. The van der Waals surface area contributed by atoms with Crippen LogP contribution in [0, 0.1) is 6.92 Å². The number of aryl methyl sites for hydroxylation is 1. The van der Waals surface area contributed by atoms with E-state index in [1.165, 1.54) is 24.8 Å². The minimum absolute atomic E-state index is 0.00366. The highest BCUT2D eigenvalue weighted by Gasteiger charge is 2.27. The number of hydrogen-bond acceptors (Lipinski definition) is 4. The summed E-state index contributed by atoms with van der Waals surface area (Å²) < 4.78 is 0. The van der Waals surface area contributed by atoms with E-state index >= 15 is 0 Å². The van der Waals surface area contributed by atoms with Gasteiger partial charge in [-0.2, -0.15) is 0 Å². The van der Waals surface area contributed by atoms with Crippen molar-refractivity contribution >= 4 is 12.0 Å². The molecule has 1 heterocycles. The van der Waals surface area contributed by atoms with Gasteiger partial charge in [-0.3, -0.25) is 9.79 Å². The largest absolute Gasteiger partial charge is 0.511 e. The third-order valence-electron chi connectivity index (χ3n) is 5.25. The predicted molar refractivity (Wildman–Crippen MR) is 101 cm³/mol. The highest BCUT2D eigenvalue weighted by atomic mass is 16.3. The number of benzene rings is 1. The lowest BCUT2D eigenvalue weighted by molar-refractivity contribution is -0.116. The smallest absolute Gasteiger partial charge is 0.168 e. The second-order valence-corrected chi connectivity index (χ2v) is 7.24. The number of allylic oxidation sites excluding steroid dienone is 2. The lowest BCUT2D eigenvalue weighted by Gasteiger charge is -2.25. The fraction of sp³-hybridized carbons (Fsp3) is 0.524. The van der Waals surface area contributed by atoms with Crippen LogP contribution in [0.3, 0.4) is 0 Å². The van der Waals surface area contributed by atoms with Crippen LogP contribution in [0.1, 0.15) is 49.1 Å². The molecule has 0 spiro atoms. The number of rotatable bonds is 5. The second kappa shape index (κ2) is 8.43. The van der Waals surface area contributed by atoms with Gasteiger partial charge in [-0.25, -0.2) is 0 Å². The van der Waals surface area contributed by atoms with Crippen LogP contribution in [0.15, 0.2) is 40.6 Å². The number of Topliss-reactive ketones (excluding diaryl/α,β-unsaturated/α-hetero) is 1. The first kappa shape index (κ1) is 17.9. The zero-order valence-corrected chi connectivity index (χ0v) is 15.1. The van der Waals surface area contributed by atoms with Crippen molar-refractivity contribution in [1.82, 2.24) is 4.90 Å². The average Bonchev–Trinajstić information content (AvgIpc) is 2.62. The Bertz CT molecular complexity index is 655. The molecule has 1 aromatic carbocycles. The third-order valence-corrected chi connectivity index (χ3v) is 5.25. The van der Waals surface area contributed by atoms with Crippen molar-refractivity contribution in [2.75, 3.05) is 26.2 Å². The Balaban J connectivity index is 1.57. The molecule has 2 aliphatic rings. The van der Waals surface area contributed by atoms with Crippen molar-refractivity contribution in [3.8, 4) is 0 Å². The normalized spacial score (nSPS) is 22.8. The molecular formula is C21H28N2O2. The lowest BCUT2D eigenvalue weighted by Crippen LogP contribution is -2.31. The fourth-order valence-corrected chi connectivity index (χ4v) is 3.67. The Hall–Kier alpha value is -1.94. The summed E-state index contributed by atoms with van der Waals surface area (Å²) in [7, 11) is 0. The summed E-state index contributed by atoms with van der Waals surface area (Å²) in [6.45, 7) is 5.98. The van der Waals surface area contributed by atoms with Gasteiger partial charge in [-0.1, -0.05) is 36.2 Å². The molecular weight excluding hydrogens is 312 g/mol.